The topological polar surface area (TPSA) is 85.6 Å². The highest BCUT2D eigenvalue weighted by Gasteiger charge is 2.11. The highest BCUT2D eigenvalue weighted by atomic mass is 79.9. The van der Waals surface area contributed by atoms with Gasteiger partial charge in [-0.1, -0.05) is 35.3 Å². The first-order valence-corrected chi connectivity index (χ1v) is 12.3. The zero-order valence-corrected chi connectivity index (χ0v) is 21.2. The van der Waals surface area contributed by atoms with E-state index in [0.29, 0.717) is 34.6 Å². The SMILES string of the molecule is CCCCc1nc2ccc(Br)cc2c(=O)n1N=Cc1ccc(OCC(=O)Nc2cccc(F)c2)cc1. The molecule has 1 N–H and O–H groups in total. The van der Waals surface area contributed by atoms with Gasteiger partial charge in [0.25, 0.3) is 11.5 Å². The van der Waals surface area contributed by atoms with Crippen LogP contribution in [-0.4, -0.2) is 28.4 Å². The molecule has 0 aliphatic carbocycles. The zero-order valence-electron chi connectivity index (χ0n) is 19.6. The summed E-state index contributed by atoms with van der Waals surface area (Å²) in [6.07, 6.45) is 4.09. The molecule has 0 fully saturated rings. The smallest absolute Gasteiger partial charge is 0.282 e. The van der Waals surface area contributed by atoms with Crippen LogP contribution in [0.3, 0.4) is 0 Å². The van der Waals surface area contributed by atoms with Crippen molar-refractivity contribution < 1.29 is 13.9 Å². The molecule has 0 radical (unpaired) electrons. The summed E-state index contributed by atoms with van der Waals surface area (Å²) >= 11 is 3.41. The number of aromatic nitrogens is 2. The fourth-order valence-electron chi connectivity index (χ4n) is 3.50. The molecule has 36 heavy (non-hydrogen) atoms. The molecule has 1 amide bonds. The van der Waals surface area contributed by atoms with E-state index in [1.807, 2.05) is 12.1 Å². The quantitative estimate of drug-likeness (QED) is 0.277. The van der Waals surface area contributed by atoms with Gasteiger partial charge in [0.15, 0.2) is 6.61 Å². The fraction of sp³-hybridized carbons (Fsp3) is 0.185. The van der Waals surface area contributed by atoms with Crippen molar-refractivity contribution in [2.24, 2.45) is 5.10 Å². The molecule has 4 aromatic rings. The van der Waals surface area contributed by atoms with Crippen LogP contribution in [0.4, 0.5) is 10.1 Å². The van der Waals surface area contributed by atoms with Crippen LogP contribution in [0, 0.1) is 5.82 Å². The lowest BCUT2D eigenvalue weighted by molar-refractivity contribution is -0.118. The van der Waals surface area contributed by atoms with Gasteiger partial charge >= 0.3 is 0 Å². The minimum Gasteiger partial charge on any atom is -0.484 e. The number of carbonyl (C=O) groups excluding carboxylic acids is 1. The number of benzene rings is 3. The number of carbonyl (C=O) groups is 1. The molecule has 3 aromatic carbocycles. The summed E-state index contributed by atoms with van der Waals surface area (Å²) < 4.78 is 20.9. The average molecular weight is 551 g/mol. The summed E-state index contributed by atoms with van der Waals surface area (Å²) in [5, 5.41) is 7.50. The normalized spacial score (nSPS) is 11.2. The van der Waals surface area contributed by atoms with Crippen molar-refractivity contribution in [2.45, 2.75) is 26.2 Å². The molecule has 1 aromatic heterocycles. The molecular formula is C27H24BrFN4O3. The van der Waals surface area contributed by atoms with Crippen LogP contribution in [0.1, 0.15) is 31.2 Å². The number of aryl methyl sites for hydroxylation is 1. The van der Waals surface area contributed by atoms with E-state index in [-0.39, 0.29) is 12.2 Å². The van der Waals surface area contributed by atoms with Crippen LogP contribution in [0.5, 0.6) is 5.75 Å². The Kier molecular flexibility index (Phi) is 8.22. The largest absolute Gasteiger partial charge is 0.484 e. The van der Waals surface area contributed by atoms with Gasteiger partial charge < -0.3 is 10.1 Å². The molecule has 1 heterocycles. The molecule has 0 atom stereocenters. The van der Waals surface area contributed by atoms with E-state index < -0.39 is 11.7 Å². The van der Waals surface area contributed by atoms with Gasteiger partial charge in [0.1, 0.15) is 17.4 Å². The number of halogens is 2. The molecule has 0 unspecified atom stereocenters. The first-order chi connectivity index (χ1) is 17.4. The Morgan fingerprint density at radius 3 is 2.72 bits per heavy atom. The Balaban J connectivity index is 1.46. The number of unbranched alkanes of at least 4 members (excludes halogenated alkanes) is 1. The van der Waals surface area contributed by atoms with Gasteiger partial charge in [-0.15, -0.1) is 0 Å². The lowest BCUT2D eigenvalue weighted by atomic mass is 10.2. The van der Waals surface area contributed by atoms with Crippen molar-refractivity contribution in [3.63, 3.8) is 0 Å². The summed E-state index contributed by atoms with van der Waals surface area (Å²) in [5.41, 5.74) is 1.52. The number of rotatable bonds is 9. The molecule has 0 saturated carbocycles. The minimum atomic E-state index is -0.432. The van der Waals surface area contributed by atoms with Crippen molar-refractivity contribution >= 4 is 44.6 Å². The van der Waals surface area contributed by atoms with Gasteiger partial charge in [0.2, 0.25) is 0 Å². The summed E-state index contributed by atoms with van der Waals surface area (Å²) in [4.78, 5) is 29.9. The lowest BCUT2D eigenvalue weighted by Gasteiger charge is -2.09. The van der Waals surface area contributed by atoms with E-state index in [1.54, 1.807) is 42.6 Å². The number of hydrogen-bond acceptors (Lipinski definition) is 5. The molecule has 0 saturated heterocycles. The van der Waals surface area contributed by atoms with Crippen LogP contribution in [0.2, 0.25) is 0 Å². The van der Waals surface area contributed by atoms with E-state index >= 15 is 0 Å². The van der Waals surface area contributed by atoms with Gasteiger partial charge in [-0.3, -0.25) is 9.59 Å². The Hall–Kier alpha value is -3.85. The van der Waals surface area contributed by atoms with Crippen molar-refractivity contribution in [1.29, 1.82) is 0 Å². The monoisotopic (exact) mass is 550 g/mol. The summed E-state index contributed by atoms with van der Waals surface area (Å²) in [6, 6.07) is 18.0. The molecule has 184 valence electrons. The summed E-state index contributed by atoms with van der Waals surface area (Å²) in [5.74, 6) is 0.260. The van der Waals surface area contributed by atoms with E-state index in [9.17, 15) is 14.0 Å². The molecule has 0 bridgehead atoms. The van der Waals surface area contributed by atoms with Gasteiger partial charge in [-0.05, 0) is 72.6 Å². The predicted molar refractivity (Wildman–Crippen MR) is 142 cm³/mol. The third-order valence-electron chi connectivity index (χ3n) is 5.31. The third kappa shape index (κ3) is 6.42. The number of ether oxygens (including phenoxy) is 1. The zero-order chi connectivity index (χ0) is 25.5. The molecular weight excluding hydrogens is 527 g/mol. The minimum absolute atomic E-state index is 0.224. The summed E-state index contributed by atoms with van der Waals surface area (Å²) in [6.45, 7) is 1.86. The number of nitrogens with one attached hydrogen (secondary N) is 1. The molecule has 0 aliphatic rings. The second-order valence-electron chi connectivity index (χ2n) is 8.07. The summed E-state index contributed by atoms with van der Waals surface area (Å²) in [7, 11) is 0. The molecule has 0 aliphatic heterocycles. The molecule has 9 heteroatoms. The number of fused-ring (bicyclic) bond motifs is 1. The molecule has 4 rings (SSSR count). The number of hydrogen-bond donors (Lipinski definition) is 1. The second kappa shape index (κ2) is 11.7. The van der Waals surface area contributed by atoms with Gasteiger partial charge in [0, 0.05) is 16.6 Å². The predicted octanol–water partition coefficient (Wildman–Crippen LogP) is 5.54. The van der Waals surface area contributed by atoms with E-state index in [2.05, 4.69) is 38.3 Å². The van der Waals surface area contributed by atoms with E-state index in [4.69, 9.17) is 4.74 Å². The maximum absolute atomic E-state index is 13.2. The van der Waals surface area contributed by atoms with Crippen LogP contribution in [0.15, 0.2) is 81.1 Å². The maximum atomic E-state index is 13.2. The number of amides is 1. The maximum Gasteiger partial charge on any atom is 0.282 e. The van der Waals surface area contributed by atoms with Crippen LogP contribution in [-0.2, 0) is 11.2 Å². The molecule has 0 spiro atoms. The van der Waals surface area contributed by atoms with Crippen LogP contribution >= 0.6 is 15.9 Å². The third-order valence-corrected chi connectivity index (χ3v) is 5.80. The standard InChI is InChI=1S/C27H24BrFN4O3/c1-2-3-7-25-32-24-13-10-19(28)14-23(24)27(35)33(25)30-16-18-8-11-22(12-9-18)36-17-26(34)31-21-6-4-5-20(29)15-21/h4-6,8-16H,2-3,7,17H2,1H3,(H,31,34). The van der Waals surface area contributed by atoms with Gasteiger partial charge in [0.05, 0.1) is 17.1 Å². The van der Waals surface area contributed by atoms with Crippen molar-refractivity contribution in [3.05, 3.63) is 98.8 Å². The lowest BCUT2D eigenvalue weighted by Crippen LogP contribution is -2.22. The van der Waals surface area contributed by atoms with Crippen LogP contribution in [0.25, 0.3) is 10.9 Å². The van der Waals surface area contributed by atoms with Crippen molar-refractivity contribution in [3.8, 4) is 5.75 Å². The van der Waals surface area contributed by atoms with E-state index in [1.165, 1.54) is 22.9 Å². The Labute approximate surface area is 215 Å². The fourth-order valence-corrected chi connectivity index (χ4v) is 3.86. The Bertz CT molecular complexity index is 1470. The first-order valence-electron chi connectivity index (χ1n) is 11.5. The second-order valence-corrected chi connectivity index (χ2v) is 8.99. The highest BCUT2D eigenvalue weighted by molar-refractivity contribution is 9.10. The van der Waals surface area contributed by atoms with Crippen molar-refractivity contribution in [2.75, 3.05) is 11.9 Å². The highest BCUT2D eigenvalue weighted by Crippen LogP contribution is 2.17. The van der Waals surface area contributed by atoms with Gasteiger partial charge in [-0.25, -0.2) is 9.37 Å². The van der Waals surface area contributed by atoms with E-state index in [0.717, 1.165) is 22.9 Å². The van der Waals surface area contributed by atoms with Crippen LogP contribution < -0.4 is 15.6 Å². The number of anilines is 1. The number of nitrogens with zero attached hydrogens (tertiary/aromatic N) is 3. The van der Waals surface area contributed by atoms with Gasteiger partial charge in [-0.2, -0.15) is 9.78 Å². The first kappa shape index (κ1) is 25.2. The van der Waals surface area contributed by atoms with Crippen molar-refractivity contribution in [1.82, 2.24) is 9.66 Å². The Morgan fingerprint density at radius 1 is 1.17 bits per heavy atom. The molecule has 7 nitrogen and oxygen atoms in total. The average Bonchev–Trinajstić information content (AvgIpc) is 2.87. The Morgan fingerprint density at radius 2 is 1.97 bits per heavy atom.